The number of piperidine rings is 1. The molecule has 0 aromatic heterocycles. The van der Waals surface area contributed by atoms with Gasteiger partial charge in [-0.3, -0.25) is 4.90 Å². The second-order valence-corrected chi connectivity index (χ2v) is 7.44. The van der Waals surface area contributed by atoms with Crippen molar-refractivity contribution in [1.82, 2.24) is 10.2 Å². The van der Waals surface area contributed by atoms with Crippen molar-refractivity contribution < 1.29 is 9.84 Å². The summed E-state index contributed by atoms with van der Waals surface area (Å²) in [6.45, 7) is 4.48. The molecular weight excluding hydrogens is 300 g/mol. The van der Waals surface area contributed by atoms with Crippen molar-refractivity contribution in [2.45, 2.75) is 57.2 Å². The van der Waals surface area contributed by atoms with E-state index in [2.05, 4.69) is 28.4 Å². The maximum atomic E-state index is 9.84. The number of benzene rings is 1. The van der Waals surface area contributed by atoms with Crippen LogP contribution < -0.4 is 10.1 Å². The van der Waals surface area contributed by atoms with Gasteiger partial charge in [0, 0.05) is 19.1 Å². The van der Waals surface area contributed by atoms with Crippen molar-refractivity contribution >= 4 is 0 Å². The number of nitrogens with zero attached hydrogens (tertiary/aromatic N) is 1. The highest BCUT2D eigenvalue weighted by atomic mass is 16.5. The van der Waals surface area contributed by atoms with Crippen LogP contribution in [0.25, 0.3) is 0 Å². The Balaban J connectivity index is 1.67. The van der Waals surface area contributed by atoms with Crippen molar-refractivity contribution in [1.29, 1.82) is 0 Å². The first kappa shape index (κ1) is 17.7. The lowest BCUT2D eigenvalue weighted by molar-refractivity contribution is 0.0591. The number of nitrogens with one attached hydrogen (secondary N) is 1. The fraction of sp³-hybridized carbons (Fsp3) is 0.700. The monoisotopic (exact) mass is 332 g/mol. The van der Waals surface area contributed by atoms with Gasteiger partial charge in [0.15, 0.2) is 0 Å². The Morgan fingerprint density at radius 1 is 1.12 bits per heavy atom. The van der Waals surface area contributed by atoms with E-state index in [0.717, 1.165) is 57.0 Å². The van der Waals surface area contributed by atoms with Crippen molar-refractivity contribution in [3.63, 3.8) is 0 Å². The van der Waals surface area contributed by atoms with E-state index in [1.807, 2.05) is 6.07 Å². The number of aliphatic hydroxyl groups is 1. The van der Waals surface area contributed by atoms with Gasteiger partial charge in [-0.15, -0.1) is 0 Å². The minimum absolute atomic E-state index is 0.0844. The second-order valence-electron chi connectivity index (χ2n) is 7.44. The summed E-state index contributed by atoms with van der Waals surface area (Å²) in [4.78, 5) is 2.68. The Kier molecular flexibility index (Phi) is 6.52. The molecule has 3 rings (SSSR count). The lowest BCUT2D eigenvalue weighted by Gasteiger charge is -2.38. The summed E-state index contributed by atoms with van der Waals surface area (Å²) in [5, 5.41) is 13.3. The molecule has 1 aromatic carbocycles. The summed E-state index contributed by atoms with van der Waals surface area (Å²) >= 11 is 0. The largest absolute Gasteiger partial charge is 0.497 e. The highest BCUT2D eigenvalue weighted by Crippen LogP contribution is 2.27. The first-order chi connectivity index (χ1) is 11.7. The van der Waals surface area contributed by atoms with Gasteiger partial charge < -0.3 is 15.2 Å². The number of methoxy groups -OCH3 is 1. The number of aliphatic hydroxyl groups excluding tert-OH is 1. The Bertz CT molecular complexity index is 494. The molecule has 2 N–H and O–H groups in total. The third-order valence-corrected chi connectivity index (χ3v) is 5.65. The summed E-state index contributed by atoms with van der Waals surface area (Å²) in [5.74, 6) is 1.73. The van der Waals surface area contributed by atoms with Crippen molar-refractivity contribution in [3.05, 3.63) is 29.8 Å². The normalized spacial score (nSPS) is 25.8. The third-order valence-electron chi connectivity index (χ3n) is 5.65. The Morgan fingerprint density at radius 2 is 1.88 bits per heavy atom. The zero-order valence-electron chi connectivity index (χ0n) is 14.9. The van der Waals surface area contributed by atoms with Gasteiger partial charge in [-0.25, -0.2) is 0 Å². The number of hydrogen-bond donors (Lipinski definition) is 2. The molecule has 1 saturated heterocycles. The predicted molar refractivity (Wildman–Crippen MR) is 97.3 cm³/mol. The summed E-state index contributed by atoms with van der Waals surface area (Å²) in [6, 6.07) is 9.07. The Morgan fingerprint density at radius 3 is 2.58 bits per heavy atom. The number of hydrogen-bond acceptors (Lipinski definition) is 4. The maximum Gasteiger partial charge on any atom is 0.119 e. The van der Waals surface area contributed by atoms with Crippen LogP contribution >= 0.6 is 0 Å². The van der Waals surface area contributed by atoms with E-state index >= 15 is 0 Å². The molecule has 1 aromatic rings. The van der Waals surface area contributed by atoms with Gasteiger partial charge in [-0.2, -0.15) is 0 Å². The molecule has 24 heavy (non-hydrogen) atoms. The summed E-state index contributed by atoms with van der Waals surface area (Å²) < 4.78 is 5.39. The van der Waals surface area contributed by atoms with E-state index < -0.39 is 0 Å². The van der Waals surface area contributed by atoms with E-state index in [1.54, 1.807) is 7.11 Å². The molecule has 134 valence electrons. The lowest BCUT2D eigenvalue weighted by Crippen LogP contribution is -2.43. The van der Waals surface area contributed by atoms with Crippen molar-refractivity contribution in [2.24, 2.45) is 5.92 Å². The van der Waals surface area contributed by atoms with E-state index in [9.17, 15) is 5.11 Å². The van der Waals surface area contributed by atoms with Gasteiger partial charge in [0.1, 0.15) is 5.75 Å². The summed E-state index contributed by atoms with van der Waals surface area (Å²) in [5.41, 5.74) is 1.33. The molecule has 0 radical (unpaired) electrons. The fourth-order valence-corrected chi connectivity index (χ4v) is 4.17. The van der Waals surface area contributed by atoms with E-state index in [1.165, 1.54) is 24.9 Å². The average molecular weight is 332 g/mol. The number of rotatable bonds is 6. The second kappa shape index (κ2) is 8.84. The van der Waals surface area contributed by atoms with Crippen LogP contribution in [-0.4, -0.2) is 48.9 Å². The molecule has 0 unspecified atom stereocenters. The molecule has 4 heteroatoms. The summed E-state index contributed by atoms with van der Waals surface area (Å²) in [7, 11) is 1.73. The highest BCUT2D eigenvalue weighted by Gasteiger charge is 2.27. The van der Waals surface area contributed by atoms with Crippen LogP contribution in [-0.2, 0) is 6.54 Å². The molecule has 1 aliphatic carbocycles. The topological polar surface area (TPSA) is 44.7 Å². The molecule has 0 amide bonds. The average Bonchev–Trinajstić information content (AvgIpc) is 2.63. The van der Waals surface area contributed by atoms with Crippen LogP contribution in [0.1, 0.15) is 44.1 Å². The Labute approximate surface area is 146 Å². The van der Waals surface area contributed by atoms with E-state index in [-0.39, 0.29) is 6.10 Å². The summed E-state index contributed by atoms with van der Waals surface area (Å²) in [6.07, 6.45) is 6.62. The van der Waals surface area contributed by atoms with Crippen LogP contribution in [0, 0.1) is 5.92 Å². The van der Waals surface area contributed by atoms with E-state index in [0.29, 0.717) is 6.04 Å². The Hall–Kier alpha value is -1.10. The molecule has 4 nitrogen and oxygen atoms in total. The van der Waals surface area contributed by atoms with Crippen LogP contribution in [0.4, 0.5) is 0 Å². The quantitative estimate of drug-likeness (QED) is 0.841. The van der Waals surface area contributed by atoms with Gasteiger partial charge in [-0.1, -0.05) is 12.1 Å². The van der Waals surface area contributed by atoms with Gasteiger partial charge in [0.05, 0.1) is 13.2 Å². The van der Waals surface area contributed by atoms with Gasteiger partial charge in [0.25, 0.3) is 0 Å². The fourth-order valence-electron chi connectivity index (χ4n) is 4.17. The van der Waals surface area contributed by atoms with Crippen molar-refractivity contribution in [2.75, 3.05) is 26.7 Å². The SMILES string of the molecule is COc1cccc(CN(CC2CCNCC2)C2CCC(O)CC2)c1. The zero-order valence-corrected chi connectivity index (χ0v) is 14.9. The molecule has 1 aliphatic heterocycles. The maximum absolute atomic E-state index is 9.84. The van der Waals surface area contributed by atoms with Crippen LogP contribution in [0.3, 0.4) is 0 Å². The van der Waals surface area contributed by atoms with Crippen LogP contribution in [0.15, 0.2) is 24.3 Å². The first-order valence-corrected chi connectivity index (χ1v) is 9.50. The van der Waals surface area contributed by atoms with Gasteiger partial charge in [-0.05, 0) is 75.2 Å². The minimum atomic E-state index is -0.0844. The smallest absolute Gasteiger partial charge is 0.119 e. The van der Waals surface area contributed by atoms with Crippen LogP contribution in [0.5, 0.6) is 5.75 Å². The minimum Gasteiger partial charge on any atom is -0.497 e. The predicted octanol–water partition coefficient (Wildman–Crippen LogP) is 2.80. The lowest BCUT2D eigenvalue weighted by atomic mass is 9.89. The van der Waals surface area contributed by atoms with Gasteiger partial charge in [0.2, 0.25) is 0 Å². The molecule has 1 heterocycles. The molecule has 2 aliphatic rings. The number of ether oxygens (including phenoxy) is 1. The van der Waals surface area contributed by atoms with E-state index in [4.69, 9.17) is 4.74 Å². The zero-order chi connectivity index (χ0) is 16.8. The third kappa shape index (κ3) is 4.95. The van der Waals surface area contributed by atoms with Crippen molar-refractivity contribution in [3.8, 4) is 5.75 Å². The first-order valence-electron chi connectivity index (χ1n) is 9.50. The molecule has 2 fully saturated rings. The molecule has 0 bridgehead atoms. The molecule has 1 saturated carbocycles. The van der Waals surface area contributed by atoms with Crippen LogP contribution in [0.2, 0.25) is 0 Å². The van der Waals surface area contributed by atoms with Gasteiger partial charge >= 0.3 is 0 Å². The highest BCUT2D eigenvalue weighted by molar-refractivity contribution is 5.28. The molecular formula is C20H32N2O2. The molecule has 0 atom stereocenters. The molecule has 0 spiro atoms. The standard InChI is InChI=1S/C20H32N2O2/c1-24-20-4-2-3-17(13-20)15-22(14-16-9-11-21-12-10-16)18-5-7-19(23)8-6-18/h2-4,13,16,18-19,21,23H,5-12,14-15H2,1H3.